The third-order valence-electron chi connectivity index (χ3n) is 7.53. The molecule has 0 heterocycles. The van der Waals surface area contributed by atoms with Crippen LogP contribution in [0.15, 0.2) is 96.1 Å². The third-order valence-corrected chi connectivity index (χ3v) is 7.53. The number of fused-ring (bicyclic) bond motifs is 6. The van der Waals surface area contributed by atoms with Crippen LogP contribution >= 0.6 is 0 Å². The van der Waals surface area contributed by atoms with Crippen molar-refractivity contribution in [2.24, 2.45) is 10.8 Å². The molecule has 2 atom stereocenters. The van der Waals surface area contributed by atoms with E-state index >= 15 is 0 Å². The molecule has 0 N–H and O–H groups in total. The Morgan fingerprint density at radius 2 is 1.03 bits per heavy atom. The van der Waals surface area contributed by atoms with Crippen molar-refractivity contribution in [3.05, 3.63) is 118 Å². The highest BCUT2D eigenvalue weighted by Crippen LogP contribution is 2.54. The van der Waals surface area contributed by atoms with E-state index in [4.69, 9.17) is 0 Å². The predicted molar refractivity (Wildman–Crippen MR) is 129 cm³/mol. The SMILES string of the molecule is CC1(CCC2(C)C=CC=C3C2=Cc2ccccc23)C=CC=C2C1=Cc1ccccc12. The summed E-state index contributed by atoms with van der Waals surface area (Å²) in [6, 6.07) is 17.6. The molecule has 30 heavy (non-hydrogen) atoms. The number of rotatable bonds is 3. The first-order valence-electron chi connectivity index (χ1n) is 11.0. The van der Waals surface area contributed by atoms with Crippen LogP contribution in [0.1, 0.15) is 48.9 Å². The molecule has 0 heteroatoms. The van der Waals surface area contributed by atoms with Crippen molar-refractivity contribution >= 4 is 23.3 Å². The number of benzene rings is 2. The van der Waals surface area contributed by atoms with Crippen molar-refractivity contribution in [2.45, 2.75) is 26.7 Å². The molecule has 0 saturated heterocycles. The molecule has 0 aliphatic heterocycles. The predicted octanol–water partition coefficient (Wildman–Crippen LogP) is 7.88. The fourth-order valence-electron chi connectivity index (χ4n) is 5.65. The van der Waals surface area contributed by atoms with Crippen molar-refractivity contribution in [2.75, 3.05) is 0 Å². The molecule has 0 bridgehead atoms. The van der Waals surface area contributed by atoms with Gasteiger partial charge in [-0.3, -0.25) is 0 Å². The first-order chi connectivity index (χ1) is 14.6. The minimum Gasteiger partial charge on any atom is -0.0742 e. The molecule has 0 amide bonds. The van der Waals surface area contributed by atoms with Crippen LogP contribution in [0.2, 0.25) is 0 Å². The normalized spacial score (nSPS) is 27.4. The largest absolute Gasteiger partial charge is 0.0742 e. The molecule has 2 unspecified atom stereocenters. The van der Waals surface area contributed by atoms with Gasteiger partial charge in [-0.15, -0.1) is 0 Å². The number of hydrogen-bond acceptors (Lipinski definition) is 0. The quantitative estimate of drug-likeness (QED) is 0.503. The molecule has 4 aliphatic rings. The Morgan fingerprint density at radius 1 is 0.600 bits per heavy atom. The Bertz CT molecular complexity index is 1160. The van der Waals surface area contributed by atoms with Gasteiger partial charge >= 0.3 is 0 Å². The van der Waals surface area contributed by atoms with Gasteiger partial charge in [0.1, 0.15) is 0 Å². The summed E-state index contributed by atoms with van der Waals surface area (Å²) in [6.07, 6.45) is 21.0. The van der Waals surface area contributed by atoms with Crippen molar-refractivity contribution in [3.63, 3.8) is 0 Å². The van der Waals surface area contributed by atoms with E-state index < -0.39 is 0 Å². The van der Waals surface area contributed by atoms with E-state index in [1.165, 1.54) is 44.5 Å². The fourth-order valence-corrected chi connectivity index (χ4v) is 5.65. The minimum atomic E-state index is 0.0628. The van der Waals surface area contributed by atoms with Crippen molar-refractivity contribution in [3.8, 4) is 0 Å². The van der Waals surface area contributed by atoms with Crippen molar-refractivity contribution < 1.29 is 0 Å². The first kappa shape index (κ1) is 17.7. The Kier molecular flexibility index (Phi) is 3.65. The fraction of sp³-hybridized carbons (Fsp3) is 0.200. The maximum atomic E-state index is 2.42. The van der Waals surface area contributed by atoms with Crippen LogP contribution in [0.5, 0.6) is 0 Å². The van der Waals surface area contributed by atoms with Crippen molar-refractivity contribution in [1.82, 2.24) is 0 Å². The van der Waals surface area contributed by atoms with Gasteiger partial charge in [0, 0.05) is 10.8 Å². The number of allylic oxidation sites excluding steroid dienone is 10. The summed E-state index contributed by atoms with van der Waals surface area (Å²) in [4.78, 5) is 0. The summed E-state index contributed by atoms with van der Waals surface area (Å²) in [7, 11) is 0. The van der Waals surface area contributed by atoms with Crippen LogP contribution in [0.4, 0.5) is 0 Å². The summed E-state index contributed by atoms with van der Waals surface area (Å²) in [6.45, 7) is 4.83. The van der Waals surface area contributed by atoms with E-state index in [0.717, 1.165) is 12.8 Å². The average molecular weight is 387 g/mol. The third kappa shape index (κ3) is 2.46. The Hall–Kier alpha value is -3.12. The van der Waals surface area contributed by atoms with Gasteiger partial charge in [0.05, 0.1) is 0 Å². The lowest BCUT2D eigenvalue weighted by Gasteiger charge is -2.37. The summed E-state index contributed by atoms with van der Waals surface area (Å²) in [5, 5.41) is 0. The Labute approximate surface area is 179 Å². The topological polar surface area (TPSA) is 0 Å². The maximum absolute atomic E-state index is 2.42. The smallest absolute Gasteiger partial charge is 0.0113 e. The van der Waals surface area contributed by atoms with E-state index in [2.05, 4.69) is 111 Å². The molecule has 2 aromatic rings. The van der Waals surface area contributed by atoms with Gasteiger partial charge in [-0.25, -0.2) is 0 Å². The minimum absolute atomic E-state index is 0.0628. The molecule has 0 radical (unpaired) electrons. The van der Waals surface area contributed by atoms with Crippen LogP contribution in [0.3, 0.4) is 0 Å². The lowest BCUT2D eigenvalue weighted by atomic mass is 9.66. The highest BCUT2D eigenvalue weighted by atomic mass is 14.4. The van der Waals surface area contributed by atoms with Crippen LogP contribution in [0.25, 0.3) is 23.3 Å². The zero-order chi connectivity index (χ0) is 20.3. The van der Waals surface area contributed by atoms with Gasteiger partial charge in [0.15, 0.2) is 0 Å². The molecular formula is C30H26. The van der Waals surface area contributed by atoms with E-state index in [9.17, 15) is 0 Å². The van der Waals surface area contributed by atoms with E-state index in [0.29, 0.717) is 0 Å². The molecule has 4 aliphatic carbocycles. The van der Waals surface area contributed by atoms with Crippen LogP contribution < -0.4 is 0 Å². The zero-order valence-electron chi connectivity index (χ0n) is 17.7. The highest BCUT2D eigenvalue weighted by molar-refractivity contribution is 5.98. The lowest BCUT2D eigenvalue weighted by molar-refractivity contribution is 0.372. The Morgan fingerprint density at radius 3 is 1.50 bits per heavy atom. The van der Waals surface area contributed by atoms with E-state index in [-0.39, 0.29) is 10.8 Å². The van der Waals surface area contributed by atoms with Gasteiger partial charge in [-0.1, -0.05) is 98.8 Å². The molecular weight excluding hydrogens is 360 g/mol. The summed E-state index contributed by atoms with van der Waals surface area (Å²) in [5.41, 5.74) is 11.4. The Balaban J connectivity index is 1.31. The second-order valence-electron chi connectivity index (χ2n) is 9.50. The van der Waals surface area contributed by atoms with Crippen LogP contribution in [-0.2, 0) is 0 Å². The molecule has 0 nitrogen and oxygen atoms in total. The highest BCUT2D eigenvalue weighted by Gasteiger charge is 2.39. The molecule has 0 saturated carbocycles. The molecule has 0 spiro atoms. The van der Waals surface area contributed by atoms with Gasteiger partial charge in [0.25, 0.3) is 0 Å². The van der Waals surface area contributed by atoms with Crippen LogP contribution in [-0.4, -0.2) is 0 Å². The van der Waals surface area contributed by atoms with Crippen LogP contribution in [0, 0.1) is 10.8 Å². The summed E-state index contributed by atoms with van der Waals surface area (Å²) in [5.74, 6) is 0. The maximum Gasteiger partial charge on any atom is 0.0113 e. The number of hydrogen-bond donors (Lipinski definition) is 0. The lowest BCUT2D eigenvalue weighted by Crippen LogP contribution is -2.25. The molecule has 0 aromatic heterocycles. The average Bonchev–Trinajstić information content (AvgIpc) is 3.34. The zero-order valence-corrected chi connectivity index (χ0v) is 17.7. The van der Waals surface area contributed by atoms with E-state index in [1.807, 2.05) is 0 Å². The molecule has 0 fully saturated rings. The van der Waals surface area contributed by atoms with Gasteiger partial charge in [0.2, 0.25) is 0 Å². The van der Waals surface area contributed by atoms with Gasteiger partial charge in [-0.2, -0.15) is 0 Å². The van der Waals surface area contributed by atoms with E-state index in [1.54, 1.807) is 0 Å². The molecule has 2 aromatic carbocycles. The molecule has 146 valence electrons. The second-order valence-corrected chi connectivity index (χ2v) is 9.50. The first-order valence-corrected chi connectivity index (χ1v) is 11.0. The monoisotopic (exact) mass is 386 g/mol. The summed E-state index contributed by atoms with van der Waals surface area (Å²) >= 11 is 0. The summed E-state index contributed by atoms with van der Waals surface area (Å²) < 4.78 is 0. The standard InChI is InChI=1S/C30H26/c1-29(15-7-13-25-23-11-5-3-9-21(23)19-27(25)29)17-18-30(2)16-8-14-26-24-12-6-4-10-22(24)20-28(26)30/h3-16,19-20H,17-18H2,1-2H3. The van der Waals surface area contributed by atoms with Gasteiger partial charge < -0.3 is 0 Å². The van der Waals surface area contributed by atoms with Gasteiger partial charge in [-0.05, 0) is 69.5 Å². The van der Waals surface area contributed by atoms with Crippen molar-refractivity contribution in [1.29, 1.82) is 0 Å². The second kappa shape index (κ2) is 6.19. The molecule has 6 rings (SSSR count).